The highest BCUT2D eigenvalue weighted by molar-refractivity contribution is 6.15. The minimum Gasteiger partial charge on any atom is -0.366 e. The topological polar surface area (TPSA) is 70.7 Å². The number of halogens is 1. The van der Waals surface area contributed by atoms with Crippen LogP contribution in [0.3, 0.4) is 0 Å². The van der Waals surface area contributed by atoms with Gasteiger partial charge in [-0.2, -0.15) is 0 Å². The van der Waals surface area contributed by atoms with Crippen LogP contribution in [0.5, 0.6) is 0 Å². The van der Waals surface area contributed by atoms with Gasteiger partial charge in [0.25, 0.3) is 0 Å². The fourth-order valence-electron chi connectivity index (χ4n) is 2.87. The number of rotatable bonds is 6. The molecule has 4 rings (SSSR count). The number of nitrogens with zero attached hydrogens (tertiary/aromatic N) is 2. The summed E-state index contributed by atoms with van der Waals surface area (Å²) < 4.78 is 12.5. The number of aromatic nitrogens is 3. The highest BCUT2D eigenvalue weighted by Gasteiger charge is 2.14. The lowest BCUT2D eigenvalue weighted by Crippen LogP contribution is -2.04. The van der Waals surface area contributed by atoms with E-state index in [1.165, 1.54) is 0 Å². The van der Waals surface area contributed by atoms with Gasteiger partial charge in [0.2, 0.25) is 0 Å². The fraction of sp³-hybridized carbons (Fsp3) is 0.0952. The molecule has 0 unspecified atom stereocenters. The van der Waals surface area contributed by atoms with Crippen molar-refractivity contribution in [2.24, 2.45) is 0 Å². The third kappa shape index (κ3) is 3.55. The Bertz CT molecular complexity index is 1070. The molecule has 2 N–H and O–H groups in total. The number of carbonyl (C=O) groups excluding carboxylic acids is 1. The summed E-state index contributed by atoms with van der Waals surface area (Å²) in [6.07, 6.45) is 4.92. The summed E-state index contributed by atoms with van der Waals surface area (Å²) in [5.41, 5.74) is 3.46. The number of nitrogens with one attached hydrogen (secondary N) is 2. The monoisotopic (exact) mass is 360 g/mol. The first-order valence-corrected chi connectivity index (χ1v) is 8.55. The molecule has 0 aliphatic heterocycles. The van der Waals surface area contributed by atoms with Crippen LogP contribution in [-0.2, 0) is 13.2 Å². The molecular weight excluding hydrogens is 343 g/mol. The third-order valence-electron chi connectivity index (χ3n) is 4.37. The molecule has 0 fully saturated rings. The zero-order valence-corrected chi connectivity index (χ0v) is 14.4. The number of benzene rings is 1. The number of hydrogen-bond acceptors (Lipinski definition) is 4. The lowest BCUT2D eigenvalue weighted by molar-refractivity contribution is 0.104. The summed E-state index contributed by atoms with van der Waals surface area (Å²) in [7, 11) is 0. The maximum Gasteiger partial charge on any atom is 0.196 e. The van der Waals surface area contributed by atoms with E-state index in [1.807, 2.05) is 18.2 Å². The molecule has 0 bridgehead atoms. The van der Waals surface area contributed by atoms with Gasteiger partial charge in [-0.15, -0.1) is 0 Å². The zero-order valence-electron chi connectivity index (χ0n) is 14.4. The molecule has 1 aromatic carbocycles. The molecule has 134 valence electrons. The molecule has 3 aromatic heterocycles. The van der Waals surface area contributed by atoms with Crippen LogP contribution in [0.1, 0.15) is 27.0 Å². The third-order valence-corrected chi connectivity index (χ3v) is 4.37. The molecule has 4 aromatic rings. The van der Waals surface area contributed by atoms with Crippen molar-refractivity contribution in [3.8, 4) is 0 Å². The minimum absolute atomic E-state index is 0.102. The first kappa shape index (κ1) is 16.9. The average molecular weight is 360 g/mol. The fourth-order valence-corrected chi connectivity index (χ4v) is 2.87. The van der Waals surface area contributed by atoms with Gasteiger partial charge in [-0.25, -0.2) is 14.4 Å². The van der Waals surface area contributed by atoms with Crippen molar-refractivity contribution in [1.29, 1.82) is 0 Å². The van der Waals surface area contributed by atoms with E-state index >= 15 is 0 Å². The molecule has 27 heavy (non-hydrogen) atoms. The second kappa shape index (κ2) is 7.37. The molecule has 6 heteroatoms. The Morgan fingerprint density at radius 2 is 1.85 bits per heavy atom. The van der Waals surface area contributed by atoms with Gasteiger partial charge in [-0.05, 0) is 35.4 Å². The van der Waals surface area contributed by atoms with E-state index < -0.39 is 6.67 Å². The van der Waals surface area contributed by atoms with Crippen molar-refractivity contribution in [2.75, 3.05) is 5.32 Å². The Kier molecular flexibility index (Phi) is 4.61. The maximum absolute atomic E-state index is 12.7. The van der Waals surface area contributed by atoms with Crippen LogP contribution in [0.25, 0.3) is 11.0 Å². The van der Waals surface area contributed by atoms with E-state index in [-0.39, 0.29) is 5.78 Å². The van der Waals surface area contributed by atoms with Crippen LogP contribution in [0.4, 0.5) is 10.2 Å². The van der Waals surface area contributed by atoms with Gasteiger partial charge < -0.3 is 10.3 Å². The number of pyridine rings is 2. The smallest absolute Gasteiger partial charge is 0.196 e. The molecule has 0 atom stereocenters. The van der Waals surface area contributed by atoms with Crippen molar-refractivity contribution in [3.05, 3.63) is 89.4 Å². The van der Waals surface area contributed by atoms with E-state index in [0.29, 0.717) is 34.7 Å². The van der Waals surface area contributed by atoms with E-state index in [1.54, 1.807) is 48.9 Å². The SMILES string of the molecule is O=C(c1ccc(NCc2ccc(CF)cc2)nc1)c1c[nH]c2ncccc12. The highest BCUT2D eigenvalue weighted by Crippen LogP contribution is 2.20. The van der Waals surface area contributed by atoms with E-state index in [0.717, 1.165) is 10.9 Å². The van der Waals surface area contributed by atoms with Gasteiger partial charge in [0.1, 0.15) is 18.1 Å². The lowest BCUT2D eigenvalue weighted by atomic mass is 10.1. The van der Waals surface area contributed by atoms with Crippen molar-refractivity contribution < 1.29 is 9.18 Å². The second-order valence-electron chi connectivity index (χ2n) is 6.17. The second-order valence-corrected chi connectivity index (χ2v) is 6.17. The zero-order chi connectivity index (χ0) is 18.6. The van der Waals surface area contributed by atoms with Gasteiger partial charge in [-0.1, -0.05) is 24.3 Å². The van der Waals surface area contributed by atoms with Crippen molar-refractivity contribution in [3.63, 3.8) is 0 Å². The quantitative estimate of drug-likeness (QED) is 0.504. The van der Waals surface area contributed by atoms with E-state index in [2.05, 4.69) is 20.3 Å². The number of hydrogen-bond donors (Lipinski definition) is 2. The molecule has 0 saturated carbocycles. The number of aromatic amines is 1. The lowest BCUT2D eigenvalue weighted by Gasteiger charge is -2.07. The highest BCUT2D eigenvalue weighted by atomic mass is 19.1. The van der Waals surface area contributed by atoms with Gasteiger partial charge in [-0.3, -0.25) is 4.79 Å². The molecule has 0 aliphatic rings. The summed E-state index contributed by atoms with van der Waals surface area (Å²) in [6, 6.07) is 14.5. The number of alkyl halides is 1. The number of H-pyrrole nitrogens is 1. The maximum atomic E-state index is 12.7. The molecule has 0 radical (unpaired) electrons. The Labute approximate surface area is 155 Å². The van der Waals surface area contributed by atoms with Crippen LogP contribution >= 0.6 is 0 Å². The van der Waals surface area contributed by atoms with Gasteiger partial charge >= 0.3 is 0 Å². The largest absolute Gasteiger partial charge is 0.366 e. The minimum atomic E-state index is -0.461. The van der Waals surface area contributed by atoms with Crippen molar-refractivity contribution >= 4 is 22.6 Å². The molecule has 0 spiro atoms. The summed E-state index contributed by atoms with van der Waals surface area (Å²) in [4.78, 5) is 24.3. The summed E-state index contributed by atoms with van der Waals surface area (Å²) in [6.45, 7) is 0.109. The standard InChI is InChI=1S/C21H17FN4O/c22-10-14-3-5-15(6-4-14)11-24-19-8-7-16(12-25-19)20(27)18-13-26-21-17(18)2-1-9-23-21/h1-9,12-13H,10-11H2,(H,23,26)(H,24,25). The van der Waals surface area contributed by atoms with Crippen LogP contribution in [0, 0.1) is 0 Å². The van der Waals surface area contributed by atoms with Crippen molar-refractivity contribution in [1.82, 2.24) is 15.0 Å². The van der Waals surface area contributed by atoms with Crippen LogP contribution < -0.4 is 5.32 Å². The predicted molar refractivity (Wildman–Crippen MR) is 102 cm³/mol. The van der Waals surface area contributed by atoms with Crippen LogP contribution in [0.15, 0.2) is 67.1 Å². The van der Waals surface area contributed by atoms with Crippen molar-refractivity contribution in [2.45, 2.75) is 13.2 Å². The Balaban J connectivity index is 1.46. The number of fused-ring (bicyclic) bond motifs is 1. The van der Waals surface area contributed by atoms with Gasteiger partial charge in [0, 0.05) is 41.6 Å². The molecule has 0 saturated heterocycles. The molecular formula is C21H17FN4O. The Hall–Kier alpha value is -3.54. The normalized spacial score (nSPS) is 10.9. The summed E-state index contributed by atoms with van der Waals surface area (Å²) in [5.74, 6) is 0.567. The average Bonchev–Trinajstić information content (AvgIpc) is 3.16. The molecule has 0 amide bonds. The Morgan fingerprint density at radius 1 is 1.04 bits per heavy atom. The number of anilines is 1. The van der Waals surface area contributed by atoms with Gasteiger partial charge in [0.15, 0.2) is 5.78 Å². The molecule has 0 aliphatic carbocycles. The number of carbonyl (C=O) groups is 1. The molecule has 5 nitrogen and oxygen atoms in total. The first-order valence-electron chi connectivity index (χ1n) is 8.55. The Morgan fingerprint density at radius 3 is 2.59 bits per heavy atom. The number of ketones is 1. The van der Waals surface area contributed by atoms with Crippen LogP contribution in [-0.4, -0.2) is 20.7 Å². The molecule has 3 heterocycles. The predicted octanol–water partition coefficient (Wildman–Crippen LogP) is 4.27. The van der Waals surface area contributed by atoms with E-state index in [4.69, 9.17) is 0 Å². The summed E-state index contributed by atoms with van der Waals surface area (Å²) >= 11 is 0. The van der Waals surface area contributed by atoms with Gasteiger partial charge in [0.05, 0.1) is 0 Å². The van der Waals surface area contributed by atoms with E-state index in [9.17, 15) is 9.18 Å². The first-order chi connectivity index (χ1) is 13.2. The summed E-state index contributed by atoms with van der Waals surface area (Å²) in [5, 5.41) is 3.99. The van der Waals surface area contributed by atoms with Crippen LogP contribution in [0.2, 0.25) is 0 Å².